The summed E-state index contributed by atoms with van der Waals surface area (Å²) in [6, 6.07) is 13.5. The second-order valence-corrected chi connectivity index (χ2v) is 9.94. The normalized spacial score (nSPS) is 16.2. The van der Waals surface area contributed by atoms with E-state index in [1.165, 1.54) is 0 Å². The lowest BCUT2D eigenvalue weighted by Gasteiger charge is -2.31. The van der Waals surface area contributed by atoms with Gasteiger partial charge >= 0.3 is 5.97 Å². The van der Waals surface area contributed by atoms with Gasteiger partial charge in [-0.3, -0.25) is 9.59 Å². The van der Waals surface area contributed by atoms with Gasteiger partial charge in [-0.15, -0.1) is 11.6 Å². The molecule has 0 spiro atoms. The summed E-state index contributed by atoms with van der Waals surface area (Å²) in [7, 11) is 1.65. The van der Waals surface area contributed by atoms with Crippen molar-refractivity contribution in [1.82, 2.24) is 5.48 Å². The Labute approximate surface area is 216 Å². The number of hydrogen-bond acceptors (Lipinski definition) is 6. The number of hydroxylamine groups is 1. The Morgan fingerprint density at radius 2 is 2.00 bits per heavy atom. The second-order valence-electron chi connectivity index (χ2n) is 9.50. The Balaban J connectivity index is 1.67. The monoisotopic (exact) mass is 516 g/mol. The van der Waals surface area contributed by atoms with E-state index in [0.29, 0.717) is 18.5 Å². The van der Waals surface area contributed by atoms with Crippen LogP contribution in [-0.2, 0) is 37.0 Å². The molecule has 2 atom stereocenters. The number of carbonyl (C=O) groups is 3. The molecule has 0 fully saturated rings. The van der Waals surface area contributed by atoms with Gasteiger partial charge in [-0.25, -0.2) is 4.79 Å². The smallest absolute Gasteiger partial charge is 0.332 e. The third-order valence-electron chi connectivity index (χ3n) is 6.04. The van der Waals surface area contributed by atoms with Gasteiger partial charge in [0.1, 0.15) is 11.9 Å². The number of nitrogens with one attached hydrogen (secondary N) is 2. The van der Waals surface area contributed by atoms with Gasteiger partial charge in [0.25, 0.3) is 11.8 Å². The number of amides is 2. The average molecular weight is 517 g/mol. The van der Waals surface area contributed by atoms with E-state index in [1.54, 1.807) is 13.2 Å². The van der Waals surface area contributed by atoms with Crippen LogP contribution in [0.25, 0.3) is 0 Å². The van der Waals surface area contributed by atoms with Gasteiger partial charge in [-0.1, -0.05) is 45.0 Å². The highest BCUT2D eigenvalue weighted by atomic mass is 35.5. The van der Waals surface area contributed by atoms with Gasteiger partial charge in [0.2, 0.25) is 0 Å². The number of fused-ring (bicyclic) bond motifs is 1. The summed E-state index contributed by atoms with van der Waals surface area (Å²) in [6.45, 7) is 6.14. The maximum atomic E-state index is 12.6. The van der Waals surface area contributed by atoms with Crippen LogP contribution in [0.15, 0.2) is 42.5 Å². The molecule has 0 saturated heterocycles. The summed E-state index contributed by atoms with van der Waals surface area (Å²) in [5, 5.41) is 2.48. The quantitative estimate of drug-likeness (QED) is 0.365. The summed E-state index contributed by atoms with van der Waals surface area (Å²) in [5.74, 6) is -0.787. The van der Waals surface area contributed by atoms with Crippen LogP contribution in [0, 0.1) is 5.41 Å². The number of alkyl halides is 1. The van der Waals surface area contributed by atoms with Crippen LogP contribution in [0.1, 0.15) is 62.1 Å². The highest BCUT2D eigenvalue weighted by molar-refractivity contribution is 6.21. The fraction of sp³-hybridized carbons (Fsp3) is 0.444. The van der Waals surface area contributed by atoms with Crippen molar-refractivity contribution in [3.63, 3.8) is 0 Å². The Bertz CT molecular complexity index is 1100. The number of ether oxygens (including phenoxy) is 2. The summed E-state index contributed by atoms with van der Waals surface area (Å²) < 4.78 is 11.2. The molecule has 1 aliphatic rings. The first-order chi connectivity index (χ1) is 17.1. The SMILES string of the molecule is CCCC(=O)ONC(=O)CC1OCc2cc(C(Cl)C(C)(C)Cc3ccccc3OC)ccc2NC1=O. The summed E-state index contributed by atoms with van der Waals surface area (Å²) in [6.07, 6.45) is 0.185. The van der Waals surface area contributed by atoms with Crippen molar-refractivity contribution >= 4 is 35.1 Å². The molecule has 0 aromatic heterocycles. The third-order valence-corrected chi connectivity index (χ3v) is 6.88. The number of carbonyl (C=O) groups excluding carboxylic acids is 3. The molecule has 0 radical (unpaired) electrons. The predicted octanol–water partition coefficient (Wildman–Crippen LogP) is 4.85. The first-order valence-electron chi connectivity index (χ1n) is 11.9. The molecular formula is C27H33ClN2O6. The van der Waals surface area contributed by atoms with Crippen molar-refractivity contribution in [2.45, 2.75) is 64.5 Å². The number of methoxy groups -OCH3 is 1. The van der Waals surface area contributed by atoms with E-state index in [2.05, 4.69) is 24.6 Å². The number of hydrogen-bond donors (Lipinski definition) is 2. The minimum Gasteiger partial charge on any atom is -0.496 e. The van der Waals surface area contributed by atoms with E-state index < -0.39 is 23.9 Å². The topological polar surface area (TPSA) is 103 Å². The third kappa shape index (κ3) is 6.98. The zero-order valence-corrected chi connectivity index (χ0v) is 21.8. The van der Waals surface area contributed by atoms with Crippen molar-refractivity contribution in [2.75, 3.05) is 12.4 Å². The maximum absolute atomic E-state index is 12.6. The molecule has 3 rings (SSSR count). The Hall–Kier alpha value is -3.10. The molecule has 2 N–H and O–H groups in total. The maximum Gasteiger partial charge on any atom is 0.332 e. The fourth-order valence-electron chi connectivity index (χ4n) is 4.10. The number of halogens is 1. The van der Waals surface area contributed by atoms with E-state index in [4.69, 9.17) is 25.9 Å². The standard InChI is InChI=1S/C27H33ClN2O6/c1-5-8-24(32)36-30-23(31)14-22-26(33)29-20-12-11-17(13-19(20)16-35-22)25(28)27(2,3)15-18-9-6-7-10-21(18)34-4/h6-7,9-13,22,25H,5,8,14-16H2,1-4H3,(H,29,33)(H,30,31). The van der Waals surface area contributed by atoms with Gasteiger partial charge < -0.3 is 19.6 Å². The largest absolute Gasteiger partial charge is 0.496 e. The zero-order chi connectivity index (χ0) is 26.3. The lowest BCUT2D eigenvalue weighted by Crippen LogP contribution is -2.36. The minimum absolute atomic E-state index is 0.117. The highest BCUT2D eigenvalue weighted by Crippen LogP contribution is 2.43. The van der Waals surface area contributed by atoms with E-state index in [1.807, 2.05) is 43.3 Å². The molecule has 194 valence electrons. The lowest BCUT2D eigenvalue weighted by molar-refractivity contribution is -0.159. The minimum atomic E-state index is -1.03. The van der Waals surface area contributed by atoms with Crippen LogP contribution in [0.4, 0.5) is 5.69 Å². The summed E-state index contributed by atoms with van der Waals surface area (Å²) in [4.78, 5) is 40.9. The molecule has 9 heteroatoms. The van der Waals surface area contributed by atoms with Crippen molar-refractivity contribution in [3.8, 4) is 5.75 Å². The van der Waals surface area contributed by atoms with Gasteiger partial charge in [-0.2, -0.15) is 5.48 Å². The lowest BCUT2D eigenvalue weighted by atomic mass is 9.79. The molecule has 0 saturated carbocycles. The summed E-state index contributed by atoms with van der Waals surface area (Å²) in [5.41, 5.74) is 5.09. The van der Waals surface area contributed by atoms with E-state index in [-0.39, 0.29) is 30.2 Å². The average Bonchev–Trinajstić information content (AvgIpc) is 3.00. The van der Waals surface area contributed by atoms with Gasteiger partial charge in [0, 0.05) is 17.7 Å². The fourth-order valence-corrected chi connectivity index (χ4v) is 4.32. The molecule has 8 nitrogen and oxygen atoms in total. The molecule has 2 unspecified atom stereocenters. The van der Waals surface area contributed by atoms with Crippen LogP contribution in [0.2, 0.25) is 0 Å². The van der Waals surface area contributed by atoms with Crippen LogP contribution in [0.5, 0.6) is 5.75 Å². The number of rotatable bonds is 9. The van der Waals surface area contributed by atoms with Gasteiger partial charge in [-0.05, 0) is 47.6 Å². The van der Waals surface area contributed by atoms with Crippen LogP contribution < -0.4 is 15.5 Å². The van der Waals surface area contributed by atoms with Crippen molar-refractivity contribution in [3.05, 3.63) is 59.2 Å². The number of para-hydroxylation sites is 1. The van der Waals surface area contributed by atoms with E-state index >= 15 is 0 Å². The van der Waals surface area contributed by atoms with E-state index in [0.717, 1.165) is 22.4 Å². The van der Waals surface area contributed by atoms with Crippen molar-refractivity contribution in [1.29, 1.82) is 0 Å². The first-order valence-corrected chi connectivity index (χ1v) is 12.4. The molecule has 2 amide bonds. The Kier molecular flexibility index (Phi) is 9.34. The summed E-state index contributed by atoms with van der Waals surface area (Å²) >= 11 is 6.97. The molecular weight excluding hydrogens is 484 g/mol. The van der Waals surface area contributed by atoms with Crippen LogP contribution >= 0.6 is 11.6 Å². The number of anilines is 1. The predicted molar refractivity (Wildman–Crippen MR) is 136 cm³/mol. The zero-order valence-electron chi connectivity index (χ0n) is 21.1. The molecule has 2 aromatic rings. The Morgan fingerprint density at radius 1 is 1.25 bits per heavy atom. The molecule has 1 aliphatic heterocycles. The Morgan fingerprint density at radius 3 is 2.72 bits per heavy atom. The second kappa shape index (κ2) is 12.2. The molecule has 0 aliphatic carbocycles. The first kappa shape index (κ1) is 27.5. The molecule has 36 heavy (non-hydrogen) atoms. The molecule has 0 bridgehead atoms. The van der Waals surface area contributed by atoms with Crippen LogP contribution in [-0.4, -0.2) is 31.0 Å². The van der Waals surface area contributed by atoms with Crippen LogP contribution in [0.3, 0.4) is 0 Å². The number of benzene rings is 2. The van der Waals surface area contributed by atoms with Gasteiger partial charge in [0.05, 0.1) is 25.5 Å². The van der Waals surface area contributed by atoms with Crippen molar-refractivity contribution in [2.24, 2.45) is 5.41 Å². The molecule has 2 aromatic carbocycles. The van der Waals surface area contributed by atoms with E-state index in [9.17, 15) is 14.4 Å². The van der Waals surface area contributed by atoms with Gasteiger partial charge in [0.15, 0.2) is 0 Å². The molecule has 1 heterocycles. The van der Waals surface area contributed by atoms with Crippen molar-refractivity contribution < 1.29 is 28.7 Å². The highest BCUT2D eigenvalue weighted by Gasteiger charge is 2.32.